The first-order valence-electron chi connectivity index (χ1n) is 8.70. The second kappa shape index (κ2) is 8.00. The number of fused-ring (bicyclic) bond motifs is 1. The first-order valence-corrected chi connectivity index (χ1v) is 10.4. The Morgan fingerprint density at radius 2 is 1.87 bits per heavy atom. The van der Waals surface area contributed by atoms with Gasteiger partial charge in [-0.2, -0.15) is 13.2 Å². The molecule has 0 aliphatic carbocycles. The fraction of sp³-hybridized carbons (Fsp3) is 0.158. The minimum Gasteiger partial charge on any atom is -0.343 e. The predicted molar refractivity (Wildman–Crippen MR) is 110 cm³/mol. The van der Waals surface area contributed by atoms with Crippen LogP contribution < -0.4 is 10.6 Å². The van der Waals surface area contributed by atoms with Crippen molar-refractivity contribution in [1.29, 1.82) is 0 Å². The summed E-state index contributed by atoms with van der Waals surface area (Å²) in [5, 5.41) is 6.35. The summed E-state index contributed by atoms with van der Waals surface area (Å²) in [7, 11) is 0. The van der Waals surface area contributed by atoms with Crippen LogP contribution in [0.5, 0.6) is 0 Å². The van der Waals surface area contributed by atoms with Crippen molar-refractivity contribution in [3.63, 3.8) is 0 Å². The molecule has 1 unspecified atom stereocenters. The molecule has 0 saturated heterocycles. The van der Waals surface area contributed by atoms with Gasteiger partial charge < -0.3 is 10.6 Å². The number of hydrogen-bond acceptors (Lipinski definition) is 7. The van der Waals surface area contributed by atoms with E-state index < -0.39 is 11.7 Å². The number of carbonyl (C=O) groups excluding carboxylic acids is 1. The Labute approximate surface area is 176 Å². The van der Waals surface area contributed by atoms with Crippen LogP contribution in [0.3, 0.4) is 0 Å². The van der Waals surface area contributed by atoms with E-state index in [9.17, 15) is 18.0 Å². The summed E-state index contributed by atoms with van der Waals surface area (Å²) in [6.07, 6.45) is -1.20. The van der Waals surface area contributed by atoms with Gasteiger partial charge in [0.15, 0.2) is 5.13 Å². The number of anilines is 2. The molecule has 0 radical (unpaired) electrons. The standard InChI is InChI=1S/C19H14F3N5OS2/c1-10(26-17(28)13-6-15-14(7-23-13)25-9-29-15)16-8-24-18(30-16)27-12-4-2-11(3-5-12)19(20,21)22/h2-10H,1H3,(H,24,27)(H,26,28). The lowest BCUT2D eigenvalue weighted by Gasteiger charge is -2.11. The number of carbonyl (C=O) groups is 1. The fourth-order valence-corrected chi connectivity index (χ4v) is 4.16. The average molecular weight is 449 g/mol. The Morgan fingerprint density at radius 1 is 1.10 bits per heavy atom. The zero-order valence-electron chi connectivity index (χ0n) is 15.4. The molecule has 0 saturated carbocycles. The highest BCUT2D eigenvalue weighted by molar-refractivity contribution is 7.16. The van der Waals surface area contributed by atoms with E-state index in [-0.39, 0.29) is 11.9 Å². The summed E-state index contributed by atoms with van der Waals surface area (Å²) >= 11 is 2.73. The van der Waals surface area contributed by atoms with Crippen molar-refractivity contribution in [3.05, 3.63) is 64.4 Å². The SMILES string of the molecule is CC(NC(=O)c1cc2scnc2cn1)c1cnc(Nc2ccc(C(F)(F)F)cc2)s1. The molecule has 1 atom stereocenters. The van der Waals surface area contributed by atoms with Gasteiger partial charge in [-0.25, -0.2) is 15.0 Å². The van der Waals surface area contributed by atoms with E-state index in [4.69, 9.17) is 0 Å². The van der Waals surface area contributed by atoms with Crippen LogP contribution in [-0.4, -0.2) is 20.9 Å². The van der Waals surface area contributed by atoms with Crippen molar-refractivity contribution in [2.24, 2.45) is 0 Å². The van der Waals surface area contributed by atoms with Crippen molar-refractivity contribution in [2.75, 3.05) is 5.32 Å². The van der Waals surface area contributed by atoms with E-state index in [0.717, 1.165) is 27.2 Å². The number of alkyl halides is 3. The van der Waals surface area contributed by atoms with Gasteiger partial charge >= 0.3 is 6.18 Å². The third-order valence-corrected chi connectivity index (χ3v) is 6.10. The van der Waals surface area contributed by atoms with Crippen LogP contribution >= 0.6 is 22.7 Å². The summed E-state index contributed by atoms with van der Waals surface area (Å²) in [6.45, 7) is 1.82. The number of thiazole rings is 2. The number of aromatic nitrogens is 3. The molecule has 0 aliphatic rings. The van der Waals surface area contributed by atoms with Crippen molar-refractivity contribution >= 4 is 49.6 Å². The third-order valence-electron chi connectivity index (χ3n) is 4.21. The van der Waals surface area contributed by atoms with Crippen LogP contribution in [0, 0.1) is 0 Å². The minimum atomic E-state index is -4.38. The summed E-state index contributed by atoms with van der Waals surface area (Å²) in [4.78, 5) is 25.8. The second-order valence-electron chi connectivity index (χ2n) is 6.35. The predicted octanol–water partition coefficient (Wildman–Crippen LogP) is 5.40. The maximum atomic E-state index is 12.7. The zero-order valence-corrected chi connectivity index (χ0v) is 17.0. The average Bonchev–Trinajstić information content (AvgIpc) is 3.36. The van der Waals surface area contributed by atoms with Crippen molar-refractivity contribution in [2.45, 2.75) is 19.1 Å². The summed E-state index contributed by atoms with van der Waals surface area (Å²) in [5.74, 6) is -0.316. The molecule has 11 heteroatoms. The molecule has 30 heavy (non-hydrogen) atoms. The topological polar surface area (TPSA) is 79.8 Å². The van der Waals surface area contributed by atoms with Crippen molar-refractivity contribution in [3.8, 4) is 0 Å². The quantitative estimate of drug-likeness (QED) is 0.426. The van der Waals surface area contributed by atoms with Gasteiger partial charge in [-0.3, -0.25) is 4.79 Å². The number of benzene rings is 1. The molecule has 0 fully saturated rings. The van der Waals surface area contributed by atoms with Crippen molar-refractivity contribution in [1.82, 2.24) is 20.3 Å². The highest BCUT2D eigenvalue weighted by atomic mass is 32.1. The summed E-state index contributed by atoms with van der Waals surface area (Å²) in [5.41, 5.74) is 2.51. The lowest BCUT2D eigenvalue weighted by molar-refractivity contribution is -0.137. The van der Waals surface area contributed by atoms with Crippen LogP contribution in [0.25, 0.3) is 10.2 Å². The normalized spacial score (nSPS) is 12.7. The molecule has 1 amide bonds. The van der Waals surface area contributed by atoms with E-state index in [2.05, 4.69) is 25.6 Å². The molecule has 6 nitrogen and oxygen atoms in total. The van der Waals surface area contributed by atoms with Crippen LogP contribution in [0.4, 0.5) is 24.0 Å². The Hall–Kier alpha value is -3.05. The number of pyridine rings is 1. The Bertz CT molecular complexity index is 1190. The van der Waals surface area contributed by atoms with Gasteiger partial charge in [0.1, 0.15) is 5.69 Å². The molecular formula is C19H14F3N5OS2. The molecule has 4 rings (SSSR count). The molecular weight excluding hydrogens is 435 g/mol. The molecule has 154 valence electrons. The molecule has 4 aromatic rings. The number of hydrogen-bond donors (Lipinski definition) is 2. The lowest BCUT2D eigenvalue weighted by atomic mass is 10.2. The number of halogens is 3. The van der Waals surface area contributed by atoms with Crippen LogP contribution in [0.2, 0.25) is 0 Å². The van der Waals surface area contributed by atoms with Gasteiger partial charge in [-0.05, 0) is 37.3 Å². The molecule has 3 heterocycles. The van der Waals surface area contributed by atoms with E-state index >= 15 is 0 Å². The number of amides is 1. The van der Waals surface area contributed by atoms with E-state index in [1.807, 2.05) is 6.92 Å². The van der Waals surface area contributed by atoms with Crippen molar-refractivity contribution < 1.29 is 18.0 Å². The van der Waals surface area contributed by atoms with E-state index in [0.29, 0.717) is 16.5 Å². The van der Waals surface area contributed by atoms with Gasteiger partial charge in [0, 0.05) is 16.8 Å². The maximum absolute atomic E-state index is 12.7. The summed E-state index contributed by atoms with van der Waals surface area (Å²) in [6, 6.07) is 6.07. The Balaban J connectivity index is 1.40. The maximum Gasteiger partial charge on any atom is 0.416 e. The number of rotatable bonds is 5. The van der Waals surface area contributed by atoms with Crippen LogP contribution in [0.1, 0.15) is 33.9 Å². The minimum absolute atomic E-state index is 0.297. The monoisotopic (exact) mass is 449 g/mol. The molecule has 2 N–H and O–H groups in total. The first-order chi connectivity index (χ1) is 14.3. The van der Waals surface area contributed by atoms with Crippen LogP contribution in [-0.2, 0) is 6.18 Å². The van der Waals surface area contributed by atoms with E-state index in [1.165, 1.54) is 34.8 Å². The first kappa shape index (κ1) is 20.2. The van der Waals surface area contributed by atoms with Gasteiger partial charge in [-0.15, -0.1) is 11.3 Å². The van der Waals surface area contributed by atoms with Gasteiger partial charge in [0.25, 0.3) is 5.91 Å². The highest BCUT2D eigenvalue weighted by Gasteiger charge is 2.30. The molecule has 0 bridgehead atoms. The Kier molecular flexibility index (Phi) is 5.39. The fourth-order valence-electron chi connectivity index (χ4n) is 2.64. The van der Waals surface area contributed by atoms with Gasteiger partial charge in [0.2, 0.25) is 0 Å². The highest BCUT2D eigenvalue weighted by Crippen LogP contribution is 2.31. The lowest BCUT2D eigenvalue weighted by Crippen LogP contribution is -2.26. The van der Waals surface area contributed by atoms with Gasteiger partial charge in [0.05, 0.1) is 33.5 Å². The smallest absolute Gasteiger partial charge is 0.343 e. The largest absolute Gasteiger partial charge is 0.416 e. The number of nitrogens with zero attached hydrogens (tertiary/aromatic N) is 3. The molecule has 1 aromatic carbocycles. The Morgan fingerprint density at radius 3 is 2.60 bits per heavy atom. The molecule has 0 spiro atoms. The second-order valence-corrected chi connectivity index (χ2v) is 8.30. The summed E-state index contributed by atoms with van der Waals surface area (Å²) < 4.78 is 38.8. The van der Waals surface area contributed by atoms with Gasteiger partial charge in [-0.1, -0.05) is 11.3 Å². The zero-order chi connectivity index (χ0) is 21.3. The van der Waals surface area contributed by atoms with Crippen LogP contribution in [0.15, 0.2) is 48.2 Å². The molecule has 0 aliphatic heterocycles. The third kappa shape index (κ3) is 4.41. The molecule has 3 aromatic heterocycles. The van der Waals surface area contributed by atoms with E-state index in [1.54, 1.807) is 24.0 Å². The number of nitrogens with one attached hydrogen (secondary N) is 2.